The summed E-state index contributed by atoms with van der Waals surface area (Å²) in [6.07, 6.45) is 1.60. The first-order valence-corrected chi connectivity index (χ1v) is 8.55. The summed E-state index contributed by atoms with van der Waals surface area (Å²) in [4.78, 5) is 24.3. The van der Waals surface area contributed by atoms with Crippen LogP contribution in [0.1, 0.15) is 68.2 Å². The van der Waals surface area contributed by atoms with E-state index < -0.39 is 0 Å². The Labute approximate surface area is 157 Å². The summed E-state index contributed by atoms with van der Waals surface area (Å²) < 4.78 is 0. The Morgan fingerprint density at radius 3 is 1.56 bits per heavy atom. The maximum atomic E-state index is 12.2. The summed E-state index contributed by atoms with van der Waals surface area (Å²) in [7, 11) is 0. The molecule has 1 rings (SSSR count). The number of carbonyl (C=O) groups excluding carboxylic acids is 2. The third kappa shape index (κ3) is 7.88. The van der Waals surface area contributed by atoms with Gasteiger partial charge in [0.2, 0.25) is 0 Å². The van der Waals surface area contributed by atoms with E-state index in [4.69, 9.17) is 5.73 Å². The molecule has 0 spiro atoms. The van der Waals surface area contributed by atoms with Crippen LogP contribution in [-0.4, -0.2) is 30.4 Å². The van der Waals surface area contributed by atoms with Crippen molar-refractivity contribution in [1.82, 2.24) is 10.6 Å². The molecule has 1 aromatic carbocycles. The third-order valence-corrected chi connectivity index (χ3v) is 4.20. The van der Waals surface area contributed by atoms with Crippen LogP contribution in [0.2, 0.25) is 0 Å². The van der Waals surface area contributed by atoms with Gasteiger partial charge in [-0.1, -0.05) is 34.6 Å². The van der Waals surface area contributed by atoms with Gasteiger partial charge in [0.25, 0.3) is 11.8 Å². The van der Waals surface area contributed by atoms with Crippen molar-refractivity contribution in [3.63, 3.8) is 0 Å². The predicted molar refractivity (Wildman–Crippen MR) is 105 cm³/mol. The number of benzene rings is 1. The number of nitrogens with two attached hydrogens (primary N) is 1. The zero-order chi connectivity index (χ0) is 18.4. The quantitative estimate of drug-likeness (QED) is 0.690. The number of amides is 2. The van der Waals surface area contributed by atoms with Crippen LogP contribution in [0.15, 0.2) is 24.3 Å². The largest absolute Gasteiger partial charge is 0.352 e. The van der Waals surface area contributed by atoms with Gasteiger partial charge in [-0.05, 0) is 42.5 Å². The van der Waals surface area contributed by atoms with E-state index in [2.05, 4.69) is 31.4 Å². The number of rotatable bonds is 7. The van der Waals surface area contributed by atoms with Gasteiger partial charge < -0.3 is 16.4 Å². The van der Waals surface area contributed by atoms with Crippen molar-refractivity contribution in [3.8, 4) is 0 Å². The number of halogens is 1. The fourth-order valence-electron chi connectivity index (χ4n) is 2.08. The molecule has 142 valence electrons. The highest BCUT2D eigenvalue weighted by atomic mass is 35.5. The Balaban J connectivity index is 0.00000576. The second-order valence-electron chi connectivity index (χ2n) is 7.57. The van der Waals surface area contributed by atoms with Gasteiger partial charge in [0, 0.05) is 29.8 Å². The van der Waals surface area contributed by atoms with E-state index in [0.717, 1.165) is 12.8 Å². The van der Waals surface area contributed by atoms with Gasteiger partial charge in [0.15, 0.2) is 0 Å². The van der Waals surface area contributed by atoms with Crippen molar-refractivity contribution in [2.45, 2.75) is 53.0 Å². The highest BCUT2D eigenvalue weighted by Gasteiger charge is 2.21. The second kappa shape index (κ2) is 9.78. The Bertz CT molecular complexity index is 561. The zero-order valence-electron chi connectivity index (χ0n) is 15.9. The number of hydrogen-bond donors (Lipinski definition) is 3. The van der Waals surface area contributed by atoms with E-state index in [9.17, 15) is 9.59 Å². The minimum absolute atomic E-state index is 0. The van der Waals surface area contributed by atoms with Crippen LogP contribution >= 0.6 is 12.4 Å². The average molecular weight is 370 g/mol. The van der Waals surface area contributed by atoms with E-state index >= 15 is 0 Å². The van der Waals surface area contributed by atoms with Crippen LogP contribution in [0.3, 0.4) is 0 Å². The van der Waals surface area contributed by atoms with Gasteiger partial charge in [-0.25, -0.2) is 0 Å². The summed E-state index contributed by atoms with van der Waals surface area (Å²) in [6.45, 7) is 11.2. The molecule has 4 N–H and O–H groups in total. The first-order valence-electron chi connectivity index (χ1n) is 8.55. The molecule has 0 saturated heterocycles. The third-order valence-electron chi connectivity index (χ3n) is 4.20. The van der Waals surface area contributed by atoms with Gasteiger partial charge in [-0.15, -0.1) is 12.4 Å². The monoisotopic (exact) mass is 369 g/mol. The summed E-state index contributed by atoms with van der Waals surface area (Å²) >= 11 is 0. The van der Waals surface area contributed by atoms with Crippen molar-refractivity contribution in [1.29, 1.82) is 0 Å². The van der Waals surface area contributed by atoms with E-state index in [0.29, 0.717) is 24.2 Å². The minimum Gasteiger partial charge on any atom is -0.352 e. The molecular formula is C19H32ClN3O2. The van der Waals surface area contributed by atoms with Crippen LogP contribution in [0.5, 0.6) is 0 Å². The molecule has 0 unspecified atom stereocenters. The van der Waals surface area contributed by atoms with E-state index in [1.165, 1.54) is 0 Å². The number of carbonyl (C=O) groups is 2. The highest BCUT2D eigenvalue weighted by molar-refractivity contribution is 5.97. The molecule has 0 heterocycles. The smallest absolute Gasteiger partial charge is 0.251 e. The fourth-order valence-corrected chi connectivity index (χ4v) is 2.08. The lowest BCUT2D eigenvalue weighted by atomic mass is 9.94. The SMILES string of the molecule is CCC(N)(CC)CNC(=O)c1ccc(C(=O)NCC(C)(C)C)cc1.Cl. The molecule has 0 aliphatic carbocycles. The first kappa shape index (κ1) is 23.4. The maximum Gasteiger partial charge on any atom is 0.251 e. The van der Waals surface area contributed by atoms with Crippen molar-refractivity contribution in [2.24, 2.45) is 11.1 Å². The van der Waals surface area contributed by atoms with Gasteiger partial charge in [-0.3, -0.25) is 9.59 Å². The van der Waals surface area contributed by atoms with E-state index in [-0.39, 0.29) is 35.2 Å². The molecule has 2 amide bonds. The van der Waals surface area contributed by atoms with Crippen LogP contribution in [0, 0.1) is 5.41 Å². The molecule has 0 aliphatic heterocycles. The summed E-state index contributed by atoms with van der Waals surface area (Å²) in [5, 5.41) is 5.76. The predicted octanol–water partition coefficient (Wildman–Crippen LogP) is 3.13. The molecule has 5 nitrogen and oxygen atoms in total. The molecule has 25 heavy (non-hydrogen) atoms. The van der Waals surface area contributed by atoms with Crippen LogP contribution in [0.25, 0.3) is 0 Å². The van der Waals surface area contributed by atoms with Gasteiger partial charge >= 0.3 is 0 Å². The Morgan fingerprint density at radius 1 is 0.880 bits per heavy atom. The molecule has 1 aromatic rings. The Morgan fingerprint density at radius 2 is 1.24 bits per heavy atom. The van der Waals surface area contributed by atoms with Crippen molar-refractivity contribution in [3.05, 3.63) is 35.4 Å². The minimum atomic E-state index is -0.373. The molecule has 0 bridgehead atoms. The highest BCUT2D eigenvalue weighted by Crippen LogP contribution is 2.12. The number of nitrogens with one attached hydrogen (secondary N) is 2. The van der Waals surface area contributed by atoms with Crippen LogP contribution in [0.4, 0.5) is 0 Å². The lowest BCUT2D eigenvalue weighted by molar-refractivity contribution is 0.0929. The van der Waals surface area contributed by atoms with Gasteiger partial charge in [-0.2, -0.15) is 0 Å². The zero-order valence-corrected chi connectivity index (χ0v) is 16.8. The molecule has 0 radical (unpaired) electrons. The molecule has 0 fully saturated rings. The molecule has 0 atom stereocenters. The van der Waals surface area contributed by atoms with E-state index in [1.807, 2.05) is 13.8 Å². The standard InChI is InChI=1S/C19H31N3O2.ClH/c1-6-19(20,7-2)13-22-17(24)15-10-8-14(9-11-15)16(23)21-12-18(3,4)5;/h8-11H,6-7,12-13,20H2,1-5H3,(H,21,23)(H,22,24);1H. The molecule has 0 aliphatic rings. The lowest BCUT2D eigenvalue weighted by Crippen LogP contribution is -2.49. The molecule has 0 aromatic heterocycles. The summed E-state index contributed by atoms with van der Waals surface area (Å²) in [6, 6.07) is 6.67. The number of hydrogen-bond acceptors (Lipinski definition) is 3. The van der Waals surface area contributed by atoms with E-state index in [1.54, 1.807) is 24.3 Å². The van der Waals surface area contributed by atoms with Crippen molar-refractivity contribution in [2.75, 3.05) is 13.1 Å². The van der Waals surface area contributed by atoms with Gasteiger partial charge in [0.05, 0.1) is 0 Å². The summed E-state index contributed by atoms with van der Waals surface area (Å²) in [5.74, 6) is -0.303. The average Bonchev–Trinajstić information content (AvgIpc) is 2.56. The molecular weight excluding hydrogens is 338 g/mol. The van der Waals surface area contributed by atoms with Crippen LogP contribution in [-0.2, 0) is 0 Å². The Kier molecular flexibility index (Phi) is 9.16. The second-order valence-corrected chi connectivity index (χ2v) is 7.57. The summed E-state index contributed by atoms with van der Waals surface area (Å²) in [5.41, 5.74) is 6.92. The van der Waals surface area contributed by atoms with Crippen molar-refractivity contribution >= 4 is 24.2 Å². The molecule has 6 heteroatoms. The Hall–Kier alpha value is -1.59. The first-order chi connectivity index (χ1) is 11.1. The fraction of sp³-hybridized carbons (Fsp3) is 0.579. The topological polar surface area (TPSA) is 84.2 Å². The van der Waals surface area contributed by atoms with Crippen molar-refractivity contribution < 1.29 is 9.59 Å². The van der Waals surface area contributed by atoms with Gasteiger partial charge in [0.1, 0.15) is 0 Å². The van der Waals surface area contributed by atoms with Crippen LogP contribution < -0.4 is 16.4 Å². The normalized spacial score (nSPS) is 11.4. The maximum absolute atomic E-state index is 12.2. The molecule has 0 saturated carbocycles. The lowest BCUT2D eigenvalue weighted by Gasteiger charge is -2.26.